The van der Waals surface area contributed by atoms with Crippen LogP contribution in [0.1, 0.15) is 122 Å². The molecular weight excluding hydrogens is 424 g/mol. The smallest absolute Gasteiger partial charge is 0.305 e. The molecule has 0 radical (unpaired) electrons. The van der Waals surface area contributed by atoms with Gasteiger partial charge < -0.3 is 4.74 Å². The summed E-state index contributed by atoms with van der Waals surface area (Å²) in [5.41, 5.74) is 0. The van der Waals surface area contributed by atoms with Crippen molar-refractivity contribution in [2.45, 2.75) is 122 Å². The molecule has 0 aromatic carbocycles. The summed E-state index contributed by atoms with van der Waals surface area (Å²) in [5.74, 6) is -0.00640. The molecule has 0 amide bonds. The first-order valence-corrected chi connectivity index (χ1v) is 13.4. The summed E-state index contributed by atoms with van der Waals surface area (Å²) in [4.78, 5) is 11.7. The standard InChI is InChI=1S/C26H47BrO2/c1-2-3-4-5-6-7-8-9-10-11-12-13-14-15-19-22-25-29-26(28)23-20-17-16-18-21-24-27/h6-7,9-10H,2-5,8,11-25H2,1H3/b7-6-,10-9?. The van der Waals surface area contributed by atoms with Crippen LogP contribution in [-0.4, -0.2) is 17.9 Å². The fourth-order valence-electron chi connectivity index (χ4n) is 3.24. The van der Waals surface area contributed by atoms with Crippen molar-refractivity contribution in [3.8, 4) is 0 Å². The number of allylic oxidation sites excluding steroid dienone is 4. The highest BCUT2D eigenvalue weighted by molar-refractivity contribution is 9.09. The van der Waals surface area contributed by atoms with Gasteiger partial charge in [0.1, 0.15) is 0 Å². The van der Waals surface area contributed by atoms with Gasteiger partial charge in [-0.1, -0.05) is 105 Å². The molecule has 0 saturated heterocycles. The van der Waals surface area contributed by atoms with Gasteiger partial charge >= 0.3 is 5.97 Å². The molecule has 29 heavy (non-hydrogen) atoms. The van der Waals surface area contributed by atoms with E-state index in [9.17, 15) is 4.79 Å². The van der Waals surface area contributed by atoms with E-state index in [2.05, 4.69) is 47.2 Å². The van der Waals surface area contributed by atoms with Gasteiger partial charge in [0.2, 0.25) is 0 Å². The zero-order chi connectivity index (χ0) is 21.3. The molecule has 0 heterocycles. The largest absolute Gasteiger partial charge is 0.466 e. The molecule has 170 valence electrons. The van der Waals surface area contributed by atoms with Crippen molar-refractivity contribution in [2.24, 2.45) is 0 Å². The van der Waals surface area contributed by atoms with Gasteiger partial charge in [0.15, 0.2) is 0 Å². The summed E-state index contributed by atoms with van der Waals surface area (Å²) in [6, 6.07) is 0. The quantitative estimate of drug-likeness (QED) is 0.0681. The zero-order valence-corrected chi connectivity index (χ0v) is 20.7. The minimum atomic E-state index is -0.00640. The van der Waals surface area contributed by atoms with Gasteiger partial charge in [0, 0.05) is 11.8 Å². The van der Waals surface area contributed by atoms with Crippen LogP contribution in [0.5, 0.6) is 0 Å². The maximum atomic E-state index is 11.7. The van der Waals surface area contributed by atoms with E-state index in [-0.39, 0.29) is 5.97 Å². The number of carbonyl (C=O) groups excluding carboxylic acids is 1. The minimum Gasteiger partial charge on any atom is -0.466 e. The van der Waals surface area contributed by atoms with Gasteiger partial charge in [-0.05, 0) is 51.4 Å². The van der Waals surface area contributed by atoms with E-state index in [1.165, 1.54) is 83.5 Å². The van der Waals surface area contributed by atoms with Gasteiger partial charge in [-0.25, -0.2) is 0 Å². The molecule has 0 atom stereocenters. The van der Waals surface area contributed by atoms with E-state index in [0.717, 1.165) is 31.0 Å². The van der Waals surface area contributed by atoms with Gasteiger partial charge in [-0.15, -0.1) is 0 Å². The van der Waals surface area contributed by atoms with Crippen LogP contribution in [-0.2, 0) is 9.53 Å². The van der Waals surface area contributed by atoms with E-state index in [4.69, 9.17) is 4.74 Å². The van der Waals surface area contributed by atoms with Gasteiger partial charge in [0.25, 0.3) is 0 Å². The molecule has 0 saturated carbocycles. The first-order valence-electron chi connectivity index (χ1n) is 12.3. The lowest BCUT2D eigenvalue weighted by atomic mass is 10.1. The molecule has 0 fully saturated rings. The van der Waals surface area contributed by atoms with Gasteiger partial charge in [-0.3, -0.25) is 4.79 Å². The lowest BCUT2D eigenvalue weighted by Crippen LogP contribution is -2.05. The van der Waals surface area contributed by atoms with Crippen molar-refractivity contribution in [2.75, 3.05) is 11.9 Å². The number of esters is 1. The number of unbranched alkanes of at least 4 members (excludes halogenated alkanes) is 13. The normalized spacial score (nSPS) is 11.7. The third-order valence-corrected chi connectivity index (χ3v) is 5.68. The third-order valence-electron chi connectivity index (χ3n) is 5.12. The second-order valence-corrected chi connectivity index (χ2v) is 8.80. The Morgan fingerprint density at radius 3 is 1.90 bits per heavy atom. The van der Waals surface area contributed by atoms with Crippen molar-refractivity contribution in [3.63, 3.8) is 0 Å². The molecule has 0 aliphatic heterocycles. The Morgan fingerprint density at radius 2 is 1.24 bits per heavy atom. The average molecular weight is 472 g/mol. The van der Waals surface area contributed by atoms with Crippen molar-refractivity contribution in [1.29, 1.82) is 0 Å². The lowest BCUT2D eigenvalue weighted by molar-refractivity contribution is -0.143. The summed E-state index contributed by atoms with van der Waals surface area (Å²) in [6.45, 7) is 2.86. The topological polar surface area (TPSA) is 26.3 Å². The van der Waals surface area contributed by atoms with Crippen molar-refractivity contribution in [1.82, 2.24) is 0 Å². The number of alkyl halides is 1. The second-order valence-electron chi connectivity index (χ2n) is 8.01. The Labute approximate surface area is 190 Å². The van der Waals surface area contributed by atoms with Crippen LogP contribution in [0, 0.1) is 0 Å². The third kappa shape index (κ3) is 25.4. The number of carbonyl (C=O) groups is 1. The molecule has 0 aromatic heterocycles. The van der Waals surface area contributed by atoms with Gasteiger partial charge in [0.05, 0.1) is 6.61 Å². The highest BCUT2D eigenvalue weighted by atomic mass is 79.9. The highest BCUT2D eigenvalue weighted by Gasteiger charge is 2.02. The summed E-state index contributed by atoms with van der Waals surface area (Å²) >= 11 is 3.44. The van der Waals surface area contributed by atoms with Gasteiger partial charge in [-0.2, -0.15) is 0 Å². The van der Waals surface area contributed by atoms with Crippen molar-refractivity contribution in [3.05, 3.63) is 24.3 Å². The summed E-state index contributed by atoms with van der Waals surface area (Å²) < 4.78 is 5.33. The van der Waals surface area contributed by atoms with Crippen molar-refractivity contribution < 1.29 is 9.53 Å². The van der Waals surface area contributed by atoms with Crippen LogP contribution in [0.3, 0.4) is 0 Å². The Hall–Kier alpha value is -0.570. The summed E-state index contributed by atoms with van der Waals surface area (Å²) in [5, 5.41) is 1.09. The van der Waals surface area contributed by atoms with E-state index >= 15 is 0 Å². The first kappa shape index (κ1) is 28.4. The molecule has 0 rings (SSSR count). The Kier molecular flexibility index (Phi) is 25.0. The Balaban J connectivity index is 3.23. The fourth-order valence-corrected chi connectivity index (χ4v) is 3.64. The van der Waals surface area contributed by atoms with Crippen LogP contribution >= 0.6 is 15.9 Å². The molecule has 0 spiro atoms. The Bertz CT molecular complexity index is 390. The predicted octanol–water partition coefficient (Wildman–Crippen LogP) is 9.08. The molecule has 0 unspecified atom stereocenters. The maximum absolute atomic E-state index is 11.7. The van der Waals surface area contributed by atoms with E-state index < -0.39 is 0 Å². The average Bonchev–Trinajstić information content (AvgIpc) is 2.73. The fraction of sp³-hybridized carbons (Fsp3) is 0.808. The lowest BCUT2D eigenvalue weighted by Gasteiger charge is -2.05. The molecular formula is C26H47BrO2. The monoisotopic (exact) mass is 470 g/mol. The predicted molar refractivity (Wildman–Crippen MR) is 132 cm³/mol. The molecule has 0 bridgehead atoms. The van der Waals surface area contributed by atoms with E-state index in [1.54, 1.807) is 0 Å². The molecule has 2 nitrogen and oxygen atoms in total. The Morgan fingerprint density at radius 1 is 0.690 bits per heavy atom. The van der Waals surface area contributed by atoms with Crippen LogP contribution in [0.15, 0.2) is 24.3 Å². The second kappa shape index (κ2) is 25.5. The number of ether oxygens (including phenoxy) is 1. The molecule has 0 N–H and O–H groups in total. The molecule has 0 aliphatic carbocycles. The molecule has 0 aliphatic rings. The number of hydrogen-bond acceptors (Lipinski definition) is 2. The van der Waals surface area contributed by atoms with Crippen LogP contribution < -0.4 is 0 Å². The minimum absolute atomic E-state index is 0.00640. The van der Waals surface area contributed by atoms with Crippen molar-refractivity contribution >= 4 is 21.9 Å². The highest BCUT2D eigenvalue weighted by Crippen LogP contribution is 2.10. The number of halogens is 1. The van der Waals surface area contributed by atoms with Crippen LogP contribution in [0.2, 0.25) is 0 Å². The van der Waals surface area contributed by atoms with Crippen LogP contribution in [0.4, 0.5) is 0 Å². The molecule has 0 aromatic rings. The van der Waals surface area contributed by atoms with E-state index in [1.807, 2.05) is 0 Å². The summed E-state index contributed by atoms with van der Waals surface area (Å²) in [7, 11) is 0. The van der Waals surface area contributed by atoms with E-state index in [0.29, 0.717) is 13.0 Å². The number of rotatable bonds is 22. The first-order chi connectivity index (χ1) is 14.3. The zero-order valence-electron chi connectivity index (χ0n) is 19.1. The number of hydrogen-bond donors (Lipinski definition) is 0. The SMILES string of the molecule is CCCCC/C=C\CC=CCCCCCCCCOC(=O)CCCCCCCBr. The summed E-state index contributed by atoms with van der Waals surface area (Å²) in [6.07, 6.45) is 30.6. The van der Waals surface area contributed by atoms with Crippen LogP contribution in [0.25, 0.3) is 0 Å². The maximum Gasteiger partial charge on any atom is 0.305 e. The molecule has 3 heteroatoms.